The van der Waals surface area contributed by atoms with Gasteiger partial charge in [-0.25, -0.2) is 0 Å². The van der Waals surface area contributed by atoms with E-state index in [9.17, 15) is 4.79 Å². The first-order valence-corrected chi connectivity index (χ1v) is 5.40. The van der Waals surface area contributed by atoms with Crippen LogP contribution in [-0.2, 0) is 9.53 Å². The third-order valence-corrected chi connectivity index (χ3v) is 2.69. The molecule has 0 aliphatic carbocycles. The first-order chi connectivity index (χ1) is 7.27. The molecule has 1 amide bonds. The van der Waals surface area contributed by atoms with Gasteiger partial charge in [0.1, 0.15) is 0 Å². The number of methoxy groups -OCH3 is 1. The molecule has 0 unspecified atom stereocenters. The lowest BCUT2D eigenvalue weighted by atomic mass is 10.3. The van der Waals surface area contributed by atoms with Gasteiger partial charge in [0.15, 0.2) is 0 Å². The van der Waals surface area contributed by atoms with Gasteiger partial charge in [-0.05, 0) is 19.0 Å². The Bertz CT molecular complexity index is 219. The minimum absolute atomic E-state index is 0.0450. The van der Waals surface area contributed by atoms with Crippen LogP contribution in [-0.4, -0.2) is 62.1 Å². The van der Waals surface area contributed by atoms with Gasteiger partial charge in [-0.3, -0.25) is 9.69 Å². The van der Waals surface area contributed by atoms with Gasteiger partial charge in [-0.2, -0.15) is 0 Å². The Morgan fingerprint density at radius 3 is 2.87 bits per heavy atom. The molecule has 4 nitrogen and oxygen atoms in total. The maximum absolute atomic E-state index is 11.4. The molecule has 1 aliphatic heterocycles. The maximum Gasteiger partial charge on any atom is 0.245 e. The summed E-state index contributed by atoms with van der Waals surface area (Å²) in [6, 6.07) is 0. The summed E-state index contributed by atoms with van der Waals surface area (Å²) in [6.07, 6.45) is 2.42. The Morgan fingerprint density at radius 1 is 1.40 bits per heavy atom. The standard InChI is InChI=1S/C11H20N2O2/c1-3-11(14)13-6-4-5-12(7-8-13)9-10-15-2/h3H,1,4-10H2,2H3. The van der Waals surface area contributed by atoms with E-state index in [1.165, 1.54) is 6.08 Å². The summed E-state index contributed by atoms with van der Waals surface area (Å²) in [4.78, 5) is 15.6. The zero-order chi connectivity index (χ0) is 11.1. The second kappa shape index (κ2) is 6.58. The van der Waals surface area contributed by atoms with Crippen molar-refractivity contribution in [1.82, 2.24) is 9.80 Å². The molecule has 1 aliphatic rings. The molecule has 1 fully saturated rings. The predicted octanol–water partition coefficient (Wildman–Crippen LogP) is 0.353. The van der Waals surface area contributed by atoms with Gasteiger partial charge in [0.25, 0.3) is 0 Å². The Balaban J connectivity index is 2.34. The summed E-state index contributed by atoms with van der Waals surface area (Å²) in [7, 11) is 1.71. The molecule has 4 heteroatoms. The van der Waals surface area contributed by atoms with Crippen molar-refractivity contribution in [2.75, 3.05) is 46.4 Å². The average Bonchev–Trinajstić information content (AvgIpc) is 2.50. The summed E-state index contributed by atoms with van der Waals surface area (Å²) in [5.41, 5.74) is 0. The smallest absolute Gasteiger partial charge is 0.245 e. The van der Waals surface area contributed by atoms with Gasteiger partial charge in [0.2, 0.25) is 5.91 Å². The number of carbonyl (C=O) groups is 1. The maximum atomic E-state index is 11.4. The van der Waals surface area contributed by atoms with E-state index in [1.54, 1.807) is 7.11 Å². The van der Waals surface area contributed by atoms with Crippen LogP contribution in [0.4, 0.5) is 0 Å². The Labute approximate surface area is 91.5 Å². The van der Waals surface area contributed by atoms with Crippen LogP contribution in [0.3, 0.4) is 0 Å². The zero-order valence-corrected chi connectivity index (χ0v) is 9.45. The number of amides is 1. The lowest BCUT2D eigenvalue weighted by Crippen LogP contribution is -2.35. The minimum atomic E-state index is 0.0450. The Kier molecular flexibility index (Phi) is 5.36. The summed E-state index contributed by atoms with van der Waals surface area (Å²) < 4.78 is 5.04. The van der Waals surface area contributed by atoms with E-state index >= 15 is 0 Å². The van der Waals surface area contributed by atoms with Gasteiger partial charge in [0, 0.05) is 33.3 Å². The molecule has 0 aromatic heterocycles. The average molecular weight is 212 g/mol. The second-order valence-corrected chi connectivity index (χ2v) is 3.72. The molecule has 1 heterocycles. The number of hydrogen-bond acceptors (Lipinski definition) is 3. The van der Waals surface area contributed by atoms with Crippen LogP contribution in [0.1, 0.15) is 6.42 Å². The fraction of sp³-hybridized carbons (Fsp3) is 0.727. The molecule has 0 aromatic carbocycles. The monoisotopic (exact) mass is 212 g/mol. The molecule has 0 atom stereocenters. The van der Waals surface area contributed by atoms with Gasteiger partial charge in [-0.1, -0.05) is 6.58 Å². The third kappa shape index (κ3) is 4.01. The summed E-state index contributed by atoms with van der Waals surface area (Å²) >= 11 is 0. The van der Waals surface area contributed by atoms with E-state index in [4.69, 9.17) is 4.74 Å². The lowest BCUT2D eigenvalue weighted by Gasteiger charge is -2.20. The molecule has 0 bridgehead atoms. The van der Waals surface area contributed by atoms with Crippen molar-refractivity contribution in [2.24, 2.45) is 0 Å². The predicted molar refractivity (Wildman–Crippen MR) is 59.7 cm³/mol. The van der Waals surface area contributed by atoms with E-state index in [-0.39, 0.29) is 5.91 Å². The normalized spacial score (nSPS) is 18.6. The van der Waals surface area contributed by atoms with E-state index in [0.29, 0.717) is 0 Å². The number of ether oxygens (including phenoxy) is 1. The molecule has 0 saturated carbocycles. The third-order valence-electron chi connectivity index (χ3n) is 2.69. The molecular weight excluding hydrogens is 192 g/mol. The molecule has 1 rings (SSSR count). The molecule has 0 radical (unpaired) electrons. The lowest BCUT2D eigenvalue weighted by molar-refractivity contribution is -0.125. The van der Waals surface area contributed by atoms with Crippen LogP contribution in [0.5, 0.6) is 0 Å². The van der Waals surface area contributed by atoms with Gasteiger partial charge >= 0.3 is 0 Å². The van der Waals surface area contributed by atoms with Crippen molar-refractivity contribution in [1.29, 1.82) is 0 Å². The highest BCUT2D eigenvalue weighted by Gasteiger charge is 2.16. The Hall–Kier alpha value is -0.870. The van der Waals surface area contributed by atoms with Crippen molar-refractivity contribution in [3.8, 4) is 0 Å². The second-order valence-electron chi connectivity index (χ2n) is 3.72. The first kappa shape index (κ1) is 12.2. The summed E-state index contributed by atoms with van der Waals surface area (Å²) in [5.74, 6) is 0.0450. The van der Waals surface area contributed by atoms with Crippen molar-refractivity contribution in [3.05, 3.63) is 12.7 Å². The molecule has 86 valence electrons. The van der Waals surface area contributed by atoms with Crippen LogP contribution in [0, 0.1) is 0 Å². The fourth-order valence-electron chi connectivity index (χ4n) is 1.76. The van der Waals surface area contributed by atoms with Crippen molar-refractivity contribution >= 4 is 5.91 Å². The molecule has 0 N–H and O–H groups in total. The van der Waals surface area contributed by atoms with Gasteiger partial charge in [0.05, 0.1) is 6.61 Å². The van der Waals surface area contributed by atoms with Crippen LogP contribution in [0.25, 0.3) is 0 Å². The van der Waals surface area contributed by atoms with E-state index in [2.05, 4.69) is 11.5 Å². The van der Waals surface area contributed by atoms with Gasteiger partial charge < -0.3 is 9.64 Å². The van der Waals surface area contributed by atoms with Crippen LogP contribution < -0.4 is 0 Å². The summed E-state index contributed by atoms with van der Waals surface area (Å²) in [5, 5.41) is 0. The highest BCUT2D eigenvalue weighted by atomic mass is 16.5. The van der Waals surface area contributed by atoms with Crippen molar-refractivity contribution in [3.63, 3.8) is 0 Å². The summed E-state index contributed by atoms with van der Waals surface area (Å²) in [6.45, 7) is 8.84. The zero-order valence-electron chi connectivity index (χ0n) is 9.45. The molecule has 0 aromatic rings. The van der Waals surface area contributed by atoms with Crippen LogP contribution in [0.2, 0.25) is 0 Å². The molecule has 1 saturated heterocycles. The largest absolute Gasteiger partial charge is 0.383 e. The molecular formula is C11H20N2O2. The first-order valence-electron chi connectivity index (χ1n) is 5.40. The topological polar surface area (TPSA) is 32.8 Å². The highest BCUT2D eigenvalue weighted by molar-refractivity contribution is 5.86. The minimum Gasteiger partial charge on any atom is -0.383 e. The van der Waals surface area contributed by atoms with Gasteiger partial charge in [-0.15, -0.1) is 0 Å². The number of hydrogen-bond donors (Lipinski definition) is 0. The SMILES string of the molecule is C=CC(=O)N1CCCN(CCOC)CC1. The van der Waals surface area contributed by atoms with Crippen molar-refractivity contribution in [2.45, 2.75) is 6.42 Å². The van der Waals surface area contributed by atoms with Crippen LogP contribution in [0.15, 0.2) is 12.7 Å². The highest BCUT2D eigenvalue weighted by Crippen LogP contribution is 2.03. The number of nitrogens with zero attached hydrogens (tertiary/aromatic N) is 2. The van der Waals surface area contributed by atoms with E-state index in [0.717, 1.165) is 45.8 Å². The fourth-order valence-corrected chi connectivity index (χ4v) is 1.76. The quantitative estimate of drug-likeness (QED) is 0.631. The number of rotatable bonds is 4. The van der Waals surface area contributed by atoms with Crippen molar-refractivity contribution < 1.29 is 9.53 Å². The molecule has 15 heavy (non-hydrogen) atoms. The number of carbonyl (C=O) groups excluding carboxylic acids is 1. The van der Waals surface area contributed by atoms with Crippen LogP contribution >= 0.6 is 0 Å². The van der Waals surface area contributed by atoms with E-state index < -0.39 is 0 Å². The molecule has 0 spiro atoms. The van der Waals surface area contributed by atoms with E-state index in [1.807, 2.05) is 4.90 Å². The Morgan fingerprint density at radius 2 is 2.20 bits per heavy atom.